The Hall–Kier alpha value is -1.93. The van der Waals surface area contributed by atoms with Gasteiger partial charge in [-0.3, -0.25) is 4.79 Å². The first kappa shape index (κ1) is 22.3. The lowest BCUT2D eigenvalue weighted by molar-refractivity contribution is -0.145. The summed E-state index contributed by atoms with van der Waals surface area (Å²) in [6.45, 7) is 2.79. The number of ether oxygens (including phenoxy) is 1. The van der Waals surface area contributed by atoms with Crippen LogP contribution in [-0.4, -0.2) is 61.8 Å². The number of sulfonamides is 1. The van der Waals surface area contributed by atoms with E-state index in [4.69, 9.17) is 4.74 Å². The van der Waals surface area contributed by atoms with Crippen LogP contribution in [-0.2, 0) is 19.6 Å². The Kier molecular flexibility index (Phi) is 6.40. The first-order valence-electron chi connectivity index (χ1n) is 11.4. The predicted molar refractivity (Wildman–Crippen MR) is 116 cm³/mol. The van der Waals surface area contributed by atoms with Crippen LogP contribution in [0.3, 0.4) is 0 Å². The third-order valence-corrected chi connectivity index (χ3v) is 9.20. The lowest BCUT2D eigenvalue weighted by Gasteiger charge is -2.33. The normalized spacial score (nSPS) is 27.0. The maximum absolute atomic E-state index is 13.6. The van der Waals surface area contributed by atoms with Crippen molar-refractivity contribution in [1.82, 2.24) is 9.21 Å². The maximum atomic E-state index is 13.6. The summed E-state index contributed by atoms with van der Waals surface area (Å²) in [5.74, 6) is -0.375. The van der Waals surface area contributed by atoms with Gasteiger partial charge in [0.15, 0.2) is 0 Å². The quantitative estimate of drug-likeness (QED) is 0.661. The molecule has 3 fully saturated rings. The number of aryl methyl sites for hydroxylation is 1. The van der Waals surface area contributed by atoms with Gasteiger partial charge in [-0.25, -0.2) is 13.2 Å². The number of esters is 1. The molecule has 2 saturated heterocycles. The number of piperidine rings is 1. The van der Waals surface area contributed by atoms with E-state index >= 15 is 0 Å². The highest BCUT2D eigenvalue weighted by molar-refractivity contribution is 7.89. The zero-order chi connectivity index (χ0) is 22.2. The molecule has 1 saturated carbocycles. The molecule has 170 valence electrons. The van der Waals surface area contributed by atoms with Crippen LogP contribution in [0.4, 0.5) is 0 Å². The average molecular weight is 449 g/mol. The summed E-state index contributed by atoms with van der Waals surface area (Å²) < 4.78 is 33.1. The van der Waals surface area contributed by atoms with E-state index in [9.17, 15) is 18.0 Å². The summed E-state index contributed by atoms with van der Waals surface area (Å²) in [7, 11) is -2.31. The number of hydrogen-bond donors (Lipinski definition) is 0. The fraction of sp³-hybridized carbons (Fsp3) is 0.652. The molecule has 1 aromatic carbocycles. The minimum atomic E-state index is -3.66. The van der Waals surface area contributed by atoms with E-state index in [2.05, 4.69) is 0 Å². The van der Waals surface area contributed by atoms with Crippen molar-refractivity contribution in [3.63, 3.8) is 0 Å². The molecule has 0 aromatic heterocycles. The molecule has 31 heavy (non-hydrogen) atoms. The molecule has 2 aliphatic heterocycles. The van der Waals surface area contributed by atoms with E-state index < -0.39 is 22.0 Å². The third-order valence-electron chi connectivity index (χ3n) is 7.16. The van der Waals surface area contributed by atoms with Gasteiger partial charge in [0.2, 0.25) is 10.0 Å². The van der Waals surface area contributed by atoms with Gasteiger partial charge in [-0.15, -0.1) is 0 Å². The molecule has 1 aromatic rings. The minimum absolute atomic E-state index is 0.00815. The van der Waals surface area contributed by atoms with Crippen LogP contribution in [0.5, 0.6) is 0 Å². The number of fused-ring (bicyclic) bond motifs is 1. The summed E-state index contributed by atoms with van der Waals surface area (Å²) >= 11 is 0. The fourth-order valence-electron chi connectivity index (χ4n) is 5.50. The van der Waals surface area contributed by atoms with Gasteiger partial charge in [-0.1, -0.05) is 25.3 Å². The van der Waals surface area contributed by atoms with Gasteiger partial charge in [-0.2, -0.15) is 4.31 Å². The summed E-state index contributed by atoms with van der Waals surface area (Å²) in [6, 6.07) is 4.29. The fourth-order valence-corrected chi connectivity index (χ4v) is 7.27. The largest absolute Gasteiger partial charge is 0.467 e. The van der Waals surface area contributed by atoms with Crippen molar-refractivity contribution in [2.24, 2.45) is 5.92 Å². The molecule has 0 bridgehead atoms. The zero-order valence-corrected chi connectivity index (χ0v) is 19.2. The molecule has 8 heteroatoms. The van der Waals surface area contributed by atoms with Crippen LogP contribution >= 0.6 is 0 Å². The molecular formula is C23H32N2O5S. The van der Waals surface area contributed by atoms with E-state index in [1.165, 1.54) is 17.5 Å². The SMILES string of the molecule is COC(=O)C1CC2CCCCC2N1C(=O)c1ccc(C)c(S(=O)(=O)N2CCCCC2)c1. The van der Waals surface area contributed by atoms with Crippen molar-refractivity contribution < 1.29 is 22.7 Å². The van der Waals surface area contributed by atoms with E-state index in [1.807, 2.05) is 0 Å². The smallest absolute Gasteiger partial charge is 0.328 e. The number of amides is 1. The molecule has 0 N–H and O–H groups in total. The zero-order valence-electron chi connectivity index (χ0n) is 18.4. The van der Waals surface area contributed by atoms with Crippen molar-refractivity contribution in [2.45, 2.75) is 75.3 Å². The molecule has 7 nitrogen and oxygen atoms in total. The van der Waals surface area contributed by atoms with Crippen LogP contribution in [0, 0.1) is 12.8 Å². The standard InChI is InChI=1S/C23H32N2O5S/c1-16-10-11-18(15-21(16)31(28,29)24-12-6-3-7-13-24)22(26)25-19-9-5-4-8-17(19)14-20(25)23(27)30-2/h10-11,15,17,19-20H,3-9,12-14H2,1-2H3. The van der Waals surface area contributed by atoms with Gasteiger partial charge in [0, 0.05) is 24.7 Å². The van der Waals surface area contributed by atoms with Gasteiger partial charge < -0.3 is 9.64 Å². The van der Waals surface area contributed by atoms with Crippen molar-refractivity contribution in [3.8, 4) is 0 Å². The topological polar surface area (TPSA) is 84.0 Å². The molecule has 4 rings (SSSR count). The number of benzene rings is 1. The number of hydrogen-bond acceptors (Lipinski definition) is 5. The number of rotatable bonds is 4. The molecule has 2 heterocycles. The Morgan fingerprint density at radius 2 is 1.74 bits per heavy atom. The Labute approximate surface area is 184 Å². The Morgan fingerprint density at radius 1 is 1.03 bits per heavy atom. The van der Waals surface area contributed by atoms with Gasteiger partial charge in [-0.05, 0) is 62.6 Å². The molecular weight excluding hydrogens is 416 g/mol. The summed E-state index contributed by atoms with van der Waals surface area (Å²) in [5.41, 5.74) is 0.949. The van der Waals surface area contributed by atoms with Crippen LogP contribution in [0.15, 0.2) is 23.1 Å². The predicted octanol–water partition coefficient (Wildman–Crippen LogP) is 3.12. The number of nitrogens with zero attached hydrogens (tertiary/aromatic N) is 2. The molecule has 3 atom stereocenters. The first-order valence-corrected chi connectivity index (χ1v) is 12.8. The molecule has 0 radical (unpaired) electrons. The van der Waals surface area contributed by atoms with Crippen molar-refractivity contribution >= 4 is 21.9 Å². The van der Waals surface area contributed by atoms with Gasteiger partial charge in [0.25, 0.3) is 5.91 Å². The van der Waals surface area contributed by atoms with Crippen LogP contribution in [0.2, 0.25) is 0 Å². The van der Waals surface area contributed by atoms with E-state index in [0.717, 1.165) is 44.9 Å². The Morgan fingerprint density at radius 3 is 2.45 bits per heavy atom. The molecule has 0 spiro atoms. The summed E-state index contributed by atoms with van der Waals surface area (Å²) in [5, 5.41) is 0. The third kappa shape index (κ3) is 4.12. The molecule has 3 aliphatic rings. The van der Waals surface area contributed by atoms with Crippen molar-refractivity contribution in [2.75, 3.05) is 20.2 Å². The van der Waals surface area contributed by atoms with Crippen LogP contribution in [0.1, 0.15) is 67.3 Å². The average Bonchev–Trinajstić information content (AvgIpc) is 3.18. The number of methoxy groups -OCH3 is 1. The van der Waals surface area contributed by atoms with Gasteiger partial charge >= 0.3 is 5.97 Å². The minimum Gasteiger partial charge on any atom is -0.467 e. The second-order valence-electron chi connectivity index (χ2n) is 9.04. The molecule has 1 amide bonds. The molecule has 1 aliphatic carbocycles. The lowest BCUT2D eigenvalue weighted by Crippen LogP contribution is -2.46. The highest BCUT2D eigenvalue weighted by atomic mass is 32.2. The maximum Gasteiger partial charge on any atom is 0.328 e. The van der Waals surface area contributed by atoms with Gasteiger partial charge in [0.1, 0.15) is 6.04 Å². The number of likely N-dealkylation sites (tertiary alicyclic amines) is 1. The second kappa shape index (κ2) is 8.90. The second-order valence-corrected chi connectivity index (χ2v) is 11.0. The summed E-state index contributed by atoms with van der Waals surface area (Å²) in [6.07, 6.45) is 7.38. The Balaban J connectivity index is 1.68. The lowest BCUT2D eigenvalue weighted by atomic mass is 9.84. The van der Waals surface area contributed by atoms with E-state index in [-0.39, 0.29) is 16.8 Å². The van der Waals surface area contributed by atoms with Crippen molar-refractivity contribution in [3.05, 3.63) is 29.3 Å². The Bertz CT molecular complexity index is 955. The first-order chi connectivity index (χ1) is 14.8. The monoisotopic (exact) mass is 448 g/mol. The summed E-state index contributed by atoms with van der Waals surface area (Å²) in [4.78, 5) is 27.9. The number of carbonyl (C=O) groups excluding carboxylic acids is 2. The highest BCUT2D eigenvalue weighted by Gasteiger charge is 2.48. The molecule has 3 unspecified atom stereocenters. The number of carbonyl (C=O) groups is 2. The highest BCUT2D eigenvalue weighted by Crippen LogP contribution is 2.41. The van der Waals surface area contributed by atoms with Crippen LogP contribution in [0.25, 0.3) is 0 Å². The van der Waals surface area contributed by atoms with Gasteiger partial charge in [0.05, 0.1) is 12.0 Å². The van der Waals surface area contributed by atoms with Crippen LogP contribution < -0.4 is 0 Å². The van der Waals surface area contributed by atoms with Crippen molar-refractivity contribution in [1.29, 1.82) is 0 Å². The van der Waals surface area contributed by atoms with E-state index in [0.29, 0.717) is 36.6 Å². The van der Waals surface area contributed by atoms with E-state index in [1.54, 1.807) is 24.0 Å².